The average molecular weight is 296 g/mol. The number of rotatable bonds is 4. The predicted molar refractivity (Wildman–Crippen MR) is 72.7 cm³/mol. The Morgan fingerprint density at radius 3 is 2.43 bits per heavy atom. The van der Waals surface area contributed by atoms with Gasteiger partial charge < -0.3 is 15.1 Å². The average Bonchev–Trinajstić information content (AvgIpc) is 2.45. The molecule has 0 bridgehead atoms. The van der Waals surface area contributed by atoms with E-state index in [0.29, 0.717) is 32.7 Å². The number of amides is 1. The lowest BCUT2D eigenvalue weighted by atomic mass is 10.1. The summed E-state index contributed by atoms with van der Waals surface area (Å²) in [6.45, 7) is 2.27. The molecular weight excluding hydrogens is 279 g/mol. The number of nitrogens with zero attached hydrogens (tertiary/aromatic N) is 2. The van der Waals surface area contributed by atoms with Crippen LogP contribution in [0.15, 0.2) is 18.2 Å². The highest BCUT2D eigenvalue weighted by Crippen LogP contribution is 2.22. The molecule has 1 aromatic rings. The van der Waals surface area contributed by atoms with Gasteiger partial charge >= 0.3 is 5.97 Å². The van der Waals surface area contributed by atoms with Gasteiger partial charge in [-0.1, -0.05) is 6.07 Å². The first-order valence-electron chi connectivity index (χ1n) is 6.70. The summed E-state index contributed by atoms with van der Waals surface area (Å²) in [6, 6.07) is 3.75. The Bertz CT molecular complexity index is 522. The van der Waals surface area contributed by atoms with E-state index < -0.39 is 17.7 Å². The molecule has 1 aromatic carbocycles. The van der Waals surface area contributed by atoms with Gasteiger partial charge in [-0.15, -0.1) is 0 Å². The van der Waals surface area contributed by atoms with Crippen LogP contribution in [0, 0.1) is 5.82 Å². The first-order chi connectivity index (χ1) is 9.99. The zero-order chi connectivity index (χ0) is 15.4. The van der Waals surface area contributed by atoms with Crippen molar-refractivity contribution in [3.63, 3.8) is 0 Å². The van der Waals surface area contributed by atoms with Crippen molar-refractivity contribution >= 4 is 11.9 Å². The summed E-state index contributed by atoms with van der Waals surface area (Å²) in [5, 5.41) is 18.3. The van der Waals surface area contributed by atoms with Crippen LogP contribution in [0.3, 0.4) is 0 Å². The maximum absolute atomic E-state index is 13.7. The Labute approximate surface area is 121 Å². The largest absolute Gasteiger partial charge is 0.507 e. The molecule has 0 spiro atoms. The highest BCUT2D eigenvalue weighted by molar-refractivity contribution is 5.97. The fourth-order valence-corrected chi connectivity index (χ4v) is 2.31. The molecule has 0 saturated carbocycles. The molecule has 0 radical (unpaired) electrons. The van der Waals surface area contributed by atoms with Gasteiger partial charge in [0.05, 0.1) is 6.42 Å². The van der Waals surface area contributed by atoms with Gasteiger partial charge in [-0.25, -0.2) is 4.39 Å². The number of phenols is 1. The van der Waals surface area contributed by atoms with Crippen molar-refractivity contribution in [3.05, 3.63) is 29.6 Å². The Kier molecular flexibility index (Phi) is 4.74. The lowest BCUT2D eigenvalue weighted by molar-refractivity contribution is -0.137. The van der Waals surface area contributed by atoms with Crippen LogP contribution in [0.4, 0.5) is 4.39 Å². The quantitative estimate of drug-likeness (QED) is 0.857. The molecule has 2 N–H and O–H groups in total. The molecule has 0 aromatic heterocycles. The smallest absolute Gasteiger partial charge is 0.304 e. The van der Waals surface area contributed by atoms with Gasteiger partial charge in [-0.05, 0) is 12.1 Å². The third-order valence-corrected chi connectivity index (χ3v) is 3.51. The van der Waals surface area contributed by atoms with Crippen LogP contribution in [0.1, 0.15) is 16.8 Å². The third kappa shape index (κ3) is 3.69. The summed E-state index contributed by atoms with van der Waals surface area (Å²) in [5.41, 5.74) is -0.309. The normalized spacial score (nSPS) is 16.0. The Morgan fingerprint density at radius 1 is 1.19 bits per heavy atom. The molecular formula is C14H17FN2O4. The SMILES string of the molecule is O=C(O)CCN1CCN(C(=O)c2c(O)cccc2F)CC1. The minimum Gasteiger partial charge on any atom is -0.507 e. The summed E-state index contributed by atoms with van der Waals surface area (Å²) in [7, 11) is 0. The van der Waals surface area contributed by atoms with Gasteiger partial charge in [0, 0.05) is 32.7 Å². The van der Waals surface area contributed by atoms with E-state index in [-0.39, 0.29) is 17.7 Å². The van der Waals surface area contributed by atoms with Gasteiger partial charge in [0.1, 0.15) is 17.1 Å². The van der Waals surface area contributed by atoms with Gasteiger partial charge in [-0.2, -0.15) is 0 Å². The number of hydrogen-bond acceptors (Lipinski definition) is 4. The number of aliphatic carboxylic acids is 1. The second-order valence-corrected chi connectivity index (χ2v) is 4.91. The van der Waals surface area contributed by atoms with Gasteiger partial charge in [0.25, 0.3) is 5.91 Å². The third-order valence-electron chi connectivity index (χ3n) is 3.51. The van der Waals surface area contributed by atoms with Crippen LogP contribution in [-0.2, 0) is 4.79 Å². The Hall–Kier alpha value is -2.15. The molecule has 7 heteroatoms. The molecule has 1 saturated heterocycles. The maximum atomic E-state index is 13.7. The lowest BCUT2D eigenvalue weighted by Crippen LogP contribution is -2.49. The molecule has 1 aliphatic rings. The number of carbonyl (C=O) groups excluding carboxylic acids is 1. The van der Waals surface area contributed by atoms with E-state index in [4.69, 9.17) is 5.11 Å². The summed E-state index contributed by atoms with van der Waals surface area (Å²) >= 11 is 0. The van der Waals surface area contributed by atoms with Crippen LogP contribution in [0.25, 0.3) is 0 Å². The van der Waals surface area contributed by atoms with E-state index in [1.807, 2.05) is 4.90 Å². The lowest BCUT2D eigenvalue weighted by Gasteiger charge is -2.34. The van der Waals surface area contributed by atoms with Crippen molar-refractivity contribution in [2.24, 2.45) is 0 Å². The molecule has 0 unspecified atom stereocenters. The number of benzene rings is 1. The predicted octanol–water partition coefficient (Wildman–Crippen LogP) is 0.764. The number of phenolic OH excluding ortho intramolecular Hbond substituents is 1. The molecule has 0 aliphatic carbocycles. The molecule has 0 atom stereocenters. The van der Waals surface area contributed by atoms with Crippen LogP contribution < -0.4 is 0 Å². The zero-order valence-electron chi connectivity index (χ0n) is 11.5. The molecule has 114 valence electrons. The minimum atomic E-state index is -0.857. The van der Waals surface area contributed by atoms with Crippen molar-refractivity contribution < 1.29 is 24.2 Å². The molecule has 1 fully saturated rings. The zero-order valence-corrected chi connectivity index (χ0v) is 11.5. The van der Waals surface area contributed by atoms with Crippen molar-refractivity contribution in [2.45, 2.75) is 6.42 Å². The number of hydrogen-bond donors (Lipinski definition) is 2. The number of aromatic hydroxyl groups is 1. The van der Waals surface area contributed by atoms with Gasteiger partial charge in [0.15, 0.2) is 0 Å². The van der Waals surface area contributed by atoms with Crippen molar-refractivity contribution in [3.8, 4) is 5.75 Å². The van der Waals surface area contributed by atoms with Crippen molar-refractivity contribution in [2.75, 3.05) is 32.7 Å². The number of carbonyl (C=O) groups is 2. The van der Waals surface area contributed by atoms with Crippen molar-refractivity contribution in [1.29, 1.82) is 0 Å². The standard InChI is InChI=1S/C14H17FN2O4/c15-10-2-1-3-11(18)13(10)14(21)17-8-6-16(7-9-17)5-4-12(19)20/h1-3,18H,4-9H2,(H,19,20). The molecule has 2 rings (SSSR count). The first kappa shape index (κ1) is 15.2. The summed E-state index contributed by atoms with van der Waals surface area (Å²) in [4.78, 5) is 26.2. The van der Waals surface area contributed by atoms with E-state index in [2.05, 4.69) is 0 Å². The summed E-state index contributed by atoms with van der Waals surface area (Å²) in [6.07, 6.45) is 0.0576. The highest BCUT2D eigenvalue weighted by Gasteiger charge is 2.26. The highest BCUT2D eigenvalue weighted by atomic mass is 19.1. The first-order valence-corrected chi connectivity index (χ1v) is 6.70. The molecule has 1 aliphatic heterocycles. The number of piperazine rings is 1. The maximum Gasteiger partial charge on any atom is 0.304 e. The monoisotopic (exact) mass is 296 g/mol. The second-order valence-electron chi connectivity index (χ2n) is 4.91. The number of halogens is 1. The van der Waals surface area contributed by atoms with E-state index in [1.54, 1.807) is 0 Å². The molecule has 6 nitrogen and oxygen atoms in total. The molecule has 1 amide bonds. The van der Waals surface area contributed by atoms with Gasteiger partial charge in [-0.3, -0.25) is 14.5 Å². The topological polar surface area (TPSA) is 81.1 Å². The molecule has 1 heterocycles. The summed E-state index contributed by atoms with van der Waals surface area (Å²) in [5.74, 6) is -2.50. The van der Waals surface area contributed by atoms with Crippen LogP contribution in [0.5, 0.6) is 5.75 Å². The number of carboxylic acids is 1. The Balaban J connectivity index is 1.96. The van der Waals surface area contributed by atoms with Crippen LogP contribution in [-0.4, -0.2) is 64.6 Å². The Morgan fingerprint density at radius 2 is 1.86 bits per heavy atom. The van der Waals surface area contributed by atoms with E-state index >= 15 is 0 Å². The van der Waals surface area contributed by atoms with E-state index in [0.717, 1.165) is 6.07 Å². The van der Waals surface area contributed by atoms with Crippen molar-refractivity contribution in [1.82, 2.24) is 9.80 Å². The van der Waals surface area contributed by atoms with Crippen LogP contribution in [0.2, 0.25) is 0 Å². The van der Waals surface area contributed by atoms with E-state index in [9.17, 15) is 19.1 Å². The van der Waals surface area contributed by atoms with Gasteiger partial charge in [0.2, 0.25) is 0 Å². The summed E-state index contributed by atoms with van der Waals surface area (Å²) < 4.78 is 13.7. The van der Waals surface area contributed by atoms with Crippen LogP contribution >= 0.6 is 0 Å². The fraction of sp³-hybridized carbons (Fsp3) is 0.429. The fourth-order valence-electron chi connectivity index (χ4n) is 2.31. The minimum absolute atomic E-state index is 0.0576. The number of carboxylic acid groups (broad SMARTS) is 1. The second kappa shape index (κ2) is 6.53. The van der Waals surface area contributed by atoms with E-state index in [1.165, 1.54) is 17.0 Å². The molecule has 21 heavy (non-hydrogen) atoms.